The molecular weight excluding hydrogens is 89.0 g/mol. The average Bonchev–Trinajstić information content (AvgIpc) is 1.76. The fraction of sp³-hybridized carbons (Fsp3) is 0. The van der Waals surface area contributed by atoms with E-state index in [-0.39, 0.29) is 18.9 Å². The fourth-order valence-corrected chi connectivity index (χ4v) is 0.527. The smallest absolute Gasteiger partial charge is 0.0406 e. The molecule has 1 aromatic rings. The van der Waals surface area contributed by atoms with E-state index in [2.05, 4.69) is 4.37 Å². The Morgan fingerprint density at radius 1 is 1.50 bits per heavy atom. The Morgan fingerprint density at radius 2 is 2.33 bits per heavy atom. The molecule has 1 nitrogen and oxygen atoms in total. The van der Waals surface area contributed by atoms with Gasteiger partial charge in [0.25, 0.3) is 0 Å². The number of aromatic nitrogens is 1. The molecule has 0 radical (unpaired) electrons. The summed E-state index contributed by atoms with van der Waals surface area (Å²) < 4.78 is 3.76. The zero-order valence-corrected chi connectivity index (χ0v) is 3.40. The summed E-state index contributed by atoms with van der Waals surface area (Å²) in [5, 5.41) is 1.93. The maximum Gasteiger partial charge on any atom is 0.0406 e. The van der Waals surface area contributed by atoms with E-state index in [4.69, 9.17) is 0 Å². The van der Waals surface area contributed by atoms with E-state index < -0.39 is 0 Å². The molecule has 0 spiro atoms. The minimum Gasteiger partial charge on any atom is -0.201 e. The van der Waals surface area contributed by atoms with Gasteiger partial charge in [0.05, 0.1) is 0 Å². The van der Waals surface area contributed by atoms with E-state index in [1.165, 1.54) is 11.5 Å². The predicted molar refractivity (Wildman–Crippen MR) is 29.3 cm³/mol. The molecule has 6 heavy (non-hydrogen) atoms. The summed E-state index contributed by atoms with van der Waals surface area (Å²) in [4.78, 5) is 0. The first-order chi connectivity index (χ1) is 2.50. The van der Waals surface area contributed by atoms with Crippen molar-refractivity contribution >= 4 is 30.4 Å². The Balaban J connectivity index is 0.000000250. The molecule has 1 rings (SSSR count). The standard InChI is InChI=1S/C3H3NS.Li.H/c1-2-4-5-3-1;;/h1-3H;;. The minimum absolute atomic E-state index is 0. The van der Waals surface area contributed by atoms with Crippen molar-refractivity contribution in [3.8, 4) is 0 Å². The van der Waals surface area contributed by atoms with Crippen molar-refractivity contribution in [2.24, 2.45) is 0 Å². The van der Waals surface area contributed by atoms with E-state index >= 15 is 0 Å². The Labute approximate surface area is 52.7 Å². The zero-order chi connectivity index (χ0) is 3.54. The first-order valence-corrected chi connectivity index (χ1v) is 2.18. The summed E-state index contributed by atoms with van der Waals surface area (Å²) in [7, 11) is 0. The monoisotopic (exact) mass is 93.0 g/mol. The van der Waals surface area contributed by atoms with Crippen LogP contribution in [0.5, 0.6) is 0 Å². The van der Waals surface area contributed by atoms with Gasteiger partial charge in [0, 0.05) is 11.6 Å². The first kappa shape index (κ1) is 6.23. The molecule has 28 valence electrons. The van der Waals surface area contributed by atoms with Crippen LogP contribution in [0.15, 0.2) is 17.6 Å². The molecule has 0 amide bonds. The van der Waals surface area contributed by atoms with Gasteiger partial charge in [-0.1, -0.05) is 0 Å². The van der Waals surface area contributed by atoms with E-state index in [1.54, 1.807) is 6.20 Å². The molecule has 0 saturated heterocycles. The van der Waals surface area contributed by atoms with Gasteiger partial charge in [0.2, 0.25) is 0 Å². The summed E-state index contributed by atoms with van der Waals surface area (Å²) in [5.74, 6) is 0. The van der Waals surface area contributed by atoms with Gasteiger partial charge in [-0.05, 0) is 17.6 Å². The first-order valence-electron chi connectivity index (χ1n) is 1.34. The number of nitrogens with zero attached hydrogens (tertiary/aromatic N) is 1. The normalized spacial score (nSPS) is 6.67. The maximum absolute atomic E-state index is 3.76. The van der Waals surface area contributed by atoms with Crippen molar-refractivity contribution in [3.05, 3.63) is 17.6 Å². The quantitative estimate of drug-likeness (QED) is 0.425. The van der Waals surface area contributed by atoms with E-state index in [1.807, 2.05) is 11.4 Å². The Morgan fingerprint density at radius 3 is 2.50 bits per heavy atom. The summed E-state index contributed by atoms with van der Waals surface area (Å²) in [6.07, 6.45) is 1.77. The molecule has 0 atom stereocenters. The van der Waals surface area contributed by atoms with Crippen molar-refractivity contribution in [3.63, 3.8) is 0 Å². The third-order valence-electron chi connectivity index (χ3n) is 0.347. The predicted octanol–water partition coefficient (Wildman–Crippen LogP) is 0.495. The number of rotatable bonds is 0. The van der Waals surface area contributed by atoms with Gasteiger partial charge in [-0.2, -0.15) is 0 Å². The fourth-order valence-electron chi connectivity index (χ4n) is 0.176. The van der Waals surface area contributed by atoms with Gasteiger partial charge in [-0.25, -0.2) is 4.37 Å². The molecule has 1 aromatic heterocycles. The van der Waals surface area contributed by atoms with Crippen molar-refractivity contribution in [1.82, 2.24) is 4.37 Å². The molecule has 0 saturated carbocycles. The average molecular weight is 93.1 g/mol. The van der Waals surface area contributed by atoms with Crippen LogP contribution in [0.1, 0.15) is 0 Å². The van der Waals surface area contributed by atoms with Crippen LogP contribution >= 0.6 is 11.5 Å². The van der Waals surface area contributed by atoms with E-state index in [0.29, 0.717) is 0 Å². The Kier molecular flexibility index (Phi) is 3.55. The van der Waals surface area contributed by atoms with Gasteiger partial charge >= 0.3 is 18.9 Å². The van der Waals surface area contributed by atoms with Gasteiger partial charge < -0.3 is 0 Å². The molecule has 0 aliphatic rings. The summed E-state index contributed by atoms with van der Waals surface area (Å²) in [5.41, 5.74) is 0. The maximum atomic E-state index is 3.76. The number of hydrogen-bond acceptors (Lipinski definition) is 2. The van der Waals surface area contributed by atoms with Crippen LogP contribution < -0.4 is 0 Å². The van der Waals surface area contributed by atoms with Crippen molar-refractivity contribution < 1.29 is 0 Å². The van der Waals surface area contributed by atoms with Crippen LogP contribution in [-0.4, -0.2) is 23.2 Å². The molecule has 0 N–H and O–H groups in total. The van der Waals surface area contributed by atoms with Gasteiger partial charge in [-0.3, -0.25) is 0 Å². The minimum atomic E-state index is 0. The number of hydrogen-bond donors (Lipinski definition) is 0. The van der Waals surface area contributed by atoms with Crippen LogP contribution in [0.3, 0.4) is 0 Å². The van der Waals surface area contributed by atoms with Crippen LogP contribution in [0.25, 0.3) is 0 Å². The van der Waals surface area contributed by atoms with Crippen LogP contribution in [0.2, 0.25) is 0 Å². The SMILES string of the molecule is [LiH].c1cnsc1. The molecular formula is C3H4LiNS. The molecule has 0 aromatic carbocycles. The van der Waals surface area contributed by atoms with Crippen LogP contribution in [0, 0.1) is 0 Å². The largest absolute Gasteiger partial charge is 0.201 e. The van der Waals surface area contributed by atoms with Crippen LogP contribution in [0.4, 0.5) is 0 Å². The Bertz CT molecular complexity index is 67.3. The van der Waals surface area contributed by atoms with Crippen molar-refractivity contribution in [2.75, 3.05) is 0 Å². The second-order valence-corrected chi connectivity index (χ2v) is 1.38. The topological polar surface area (TPSA) is 12.9 Å². The molecule has 0 aliphatic carbocycles. The van der Waals surface area contributed by atoms with Gasteiger partial charge in [0.1, 0.15) is 0 Å². The van der Waals surface area contributed by atoms with Crippen molar-refractivity contribution in [2.45, 2.75) is 0 Å². The Hall–Kier alpha value is 0.227. The molecule has 0 aliphatic heterocycles. The second kappa shape index (κ2) is 3.42. The summed E-state index contributed by atoms with van der Waals surface area (Å²) in [6, 6.07) is 1.91. The summed E-state index contributed by atoms with van der Waals surface area (Å²) in [6.45, 7) is 0. The molecule has 3 heteroatoms. The van der Waals surface area contributed by atoms with Gasteiger partial charge in [0.15, 0.2) is 0 Å². The molecule has 0 bridgehead atoms. The van der Waals surface area contributed by atoms with Crippen LogP contribution in [-0.2, 0) is 0 Å². The van der Waals surface area contributed by atoms with E-state index in [0.717, 1.165) is 0 Å². The third kappa shape index (κ3) is 1.61. The van der Waals surface area contributed by atoms with Crippen molar-refractivity contribution in [1.29, 1.82) is 0 Å². The third-order valence-corrected chi connectivity index (χ3v) is 0.869. The summed E-state index contributed by atoms with van der Waals surface area (Å²) >= 11 is 1.46. The zero-order valence-electron chi connectivity index (χ0n) is 2.59. The second-order valence-electron chi connectivity index (χ2n) is 0.688. The molecule has 1 heterocycles. The molecule has 0 unspecified atom stereocenters. The molecule has 0 fully saturated rings. The van der Waals surface area contributed by atoms with Gasteiger partial charge in [-0.15, -0.1) is 0 Å². The van der Waals surface area contributed by atoms with E-state index in [9.17, 15) is 0 Å².